The molecule has 7 heteroatoms. The van der Waals surface area contributed by atoms with Crippen LogP contribution in [0.4, 0.5) is 0 Å². The molecule has 1 saturated carbocycles. The van der Waals surface area contributed by atoms with E-state index in [2.05, 4.69) is 4.72 Å². The number of benzene rings is 1. The van der Waals surface area contributed by atoms with Crippen LogP contribution >= 0.6 is 11.6 Å². The van der Waals surface area contributed by atoms with Crippen LogP contribution in [0.25, 0.3) is 0 Å². The van der Waals surface area contributed by atoms with E-state index < -0.39 is 10.0 Å². The first-order chi connectivity index (χ1) is 8.92. The molecule has 0 atom stereocenters. The molecule has 1 aromatic rings. The van der Waals surface area contributed by atoms with Crippen molar-refractivity contribution in [3.05, 3.63) is 28.8 Å². The molecule has 0 aromatic heterocycles. The molecule has 1 aromatic carbocycles. The Bertz CT molecular complexity index is 633. The molecule has 0 radical (unpaired) electrons. The lowest BCUT2D eigenvalue weighted by Crippen LogP contribution is -2.32. The van der Waals surface area contributed by atoms with E-state index in [4.69, 9.17) is 22.0 Å². The minimum atomic E-state index is -3.80. The van der Waals surface area contributed by atoms with Crippen LogP contribution in [0.3, 0.4) is 0 Å². The minimum absolute atomic E-state index is 0.0455. The van der Waals surface area contributed by atoms with Gasteiger partial charge < -0.3 is 5.11 Å². The summed E-state index contributed by atoms with van der Waals surface area (Å²) in [7, 11) is -3.80. The van der Waals surface area contributed by atoms with E-state index in [1.54, 1.807) is 0 Å². The Kier molecular flexibility index (Phi) is 3.83. The van der Waals surface area contributed by atoms with Crippen LogP contribution in [0.15, 0.2) is 23.1 Å². The van der Waals surface area contributed by atoms with Crippen molar-refractivity contribution < 1.29 is 13.5 Å². The molecule has 0 unspecified atom stereocenters. The lowest BCUT2D eigenvalue weighted by Gasteiger charge is -2.13. The highest BCUT2D eigenvalue weighted by molar-refractivity contribution is 7.89. The van der Waals surface area contributed by atoms with Crippen LogP contribution in [-0.2, 0) is 10.0 Å². The van der Waals surface area contributed by atoms with Gasteiger partial charge in [0.1, 0.15) is 11.0 Å². The Hall–Kier alpha value is -1.13. The minimum Gasteiger partial charge on any atom is -0.396 e. The number of aliphatic hydroxyl groups excluding tert-OH is 1. The van der Waals surface area contributed by atoms with E-state index in [1.165, 1.54) is 18.2 Å². The predicted molar refractivity (Wildman–Crippen MR) is 70.1 cm³/mol. The lowest BCUT2D eigenvalue weighted by molar-refractivity contribution is 0.213. The van der Waals surface area contributed by atoms with Gasteiger partial charge in [0.25, 0.3) is 0 Å². The van der Waals surface area contributed by atoms with E-state index in [-0.39, 0.29) is 34.0 Å². The zero-order valence-corrected chi connectivity index (χ0v) is 11.6. The van der Waals surface area contributed by atoms with Gasteiger partial charge in [0.05, 0.1) is 5.56 Å². The highest BCUT2D eigenvalue weighted by atomic mass is 35.5. The molecule has 2 N–H and O–H groups in total. The fraction of sp³-hybridized carbons (Fsp3) is 0.417. The number of nitriles is 1. The zero-order valence-electron chi connectivity index (χ0n) is 10.1. The molecule has 0 bridgehead atoms. The average molecular weight is 301 g/mol. The first-order valence-electron chi connectivity index (χ1n) is 5.73. The molecule has 1 fully saturated rings. The fourth-order valence-electron chi connectivity index (χ4n) is 1.70. The van der Waals surface area contributed by atoms with Crippen LogP contribution in [0.2, 0.25) is 5.02 Å². The molecule has 102 valence electrons. The van der Waals surface area contributed by atoms with Crippen molar-refractivity contribution in [1.29, 1.82) is 5.26 Å². The van der Waals surface area contributed by atoms with Crippen LogP contribution in [0.1, 0.15) is 18.4 Å². The third-order valence-electron chi connectivity index (χ3n) is 3.28. The van der Waals surface area contributed by atoms with Crippen molar-refractivity contribution in [2.24, 2.45) is 5.41 Å². The summed E-state index contributed by atoms with van der Waals surface area (Å²) < 4.78 is 26.7. The standard InChI is InChI=1S/C12H13ClN2O3S/c13-10-2-1-9(6-14)11(5-10)19(17,18)15-7-12(8-16)3-4-12/h1-2,5,15-16H,3-4,7-8H2. The maximum absolute atomic E-state index is 12.2. The van der Waals surface area contributed by atoms with Crippen LogP contribution < -0.4 is 4.72 Å². The highest BCUT2D eigenvalue weighted by Crippen LogP contribution is 2.44. The van der Waals surface area contributed by atoms with Gasteiger partial charge in [0, 0.05) is 23.6 Å². The van der Waals surface area contributed by atoms with Gasteiger partial charge in [-0.2, -0.15) is 5.26 Å². The third-order valence-corrected chi connectivity index (χ3v) is 4.96. The maximum atomic E-state index is 12.2. The lowest BCUT2D eigenvalue weighted by atomic mass is 10.1. The summed E-state index contributed by atoms with van der Waals surface area (Å²) in [5.74, 6) is 0. The van der Waals surface area contributed by atoms with Gasteiger partial charge in [0.15, 0.2) is 0 Å². The Labute approximate surface area is 116 Å². The number of nitrogens with one attached hydrogen (secondary N) is 1. The Morgan fingerprint density at radius 1 is 1.47 bits per heavy atom. The van der Waals surface area contributed by atoms with E-state index in [0.717, 1.165) is 12.8 Å². The summed E-state index contributed by atoms with van der Waals surface area (Å²) in [6, 6.07) is 5.92. The van der Waals surface area contributed by atoms with Crippen molar-refractivity contribution in [3.63, 3.8) is 0 Å². The third kappa shape index (κ3) is 3.07. The number of sulfonamides is 1. The monoisotopic (exact) mass is 300 g/mol. The van der Waals surface area contributed by atoms with Crippen molar-refractivity contribution in [2.75, 3.05) is 13.2 Å². The fourth-order valence-corrected chi connectivity index (χ4v) is 3.28. The van der Waals surface area contributed by atoms with Crippen molar-refractivity contribution in [3.8, 4) is 6.07 Å². The number of nitrogens with zero attached hydrogens (tertiary/aromatic N) is 1. The molecule has 1 aliphatic rings. The number of hydrogen-bond donors (Lipinski definition) is 2. The quantitative estimate of drug-likeness (QED) is 0.856. The molecule has 1 aliphatic carbocycles. The predicted octanol–water partition coefficient (Wildman–Crippen LogP) is 1.26. The molecule has 0 heterocycles. The Morgan fingerprint density at radius 2 is 2.16 bits per heavy atom. The zero-order chi connectivity index (χ0) is 14.1. The summed E-state index contributed by atoms with van der Waals surface area (Å²) in [5, 5.41) is 18.3. The summed E-state index contributed by atoms with van der Waals surface area (Å²) in [6.07, 6.45) is 1.60. The first kappa shape index (κ1) is 14.3. The molecular formula is C12H13ClN2O3S. The van der Waals surface area contributed by atoms with Gasteiger partial charge in [-0.05, 0) is 31.0 Å². The largest absolute Gasteiger partial charge is 0.396 e. The van der Waals surface area contributed by atoms with Crippen LogP contribution in [0.5, 0.6) is 0 Å². The van der Waals surface area contributed by atoms with Gasteiger partial charge >= 0.3 is 0 Å². The van der Waals surface area contributed by atoms with Gasteiger partial charge in [-0.3, -0.25) is 0 Å². The topological polar surface area (TPSA) is 90.2 Å². The number of hydrogen-bond acceptors (Lipinski definition) is 4. The molecule has 0 aliphatic heterocycles. The van der Waals surface area contributed by atoms with Gasteiger partial charge in [-0.25, -0.2) is 13.1 Å². The van der Waals surface area contributed by atoms with Gasteiger partial charge in [-0.1, -0.05) is 11.6 Å². The van der Waals surface area contributed by atoms with Crippen molar-refractivity contribution >= 4 is 21.6 Å². The van der Waals surface area contributed by atoms with Gasteiger partial charge in [-0.15, -0.1) is 0 Å². The second-order valence-electron chi connectivity index (χ2n) is 4.73. The second-order valence-corrected chi connectivity index (χ2v) is 6.91. The molecule has 0 amide bonds. The van der Waals surface area contributed by atoms with Gasteiger partial charge in [0.2, 0.25) is 10.0 Å². The molecule has 0 saturated heterocycles. The van der Waals surface area contributed by atoms with Crippen molar-refractivity contribution in [1.82, 2.24) is 4.72 Å². The van der Waals surface area contributed by atoms with E-state index in [9.17, 15) is 8.42 Å². The smallest absolute Gasteiger partial charge is 0.241 e. The Morgan fingerprint density at radius 3 is 2.68 bits per heavy atom. The molecule has 2 rings (SSSR count). The highest BCUT2D eigenvalue weighted by Gasteiger charge is 2.42. The van der Waals surface area contributed by atoms with Crippen LogP contribution in [-0.4, -0.2) is 26.7 Å². The number of aliphatic hydroxyl groups is 1. The molecular weight excluding hydrogens is 288 g/mol. The summed E-state index contributed by atoms with van der Waals surface area (Å²) in [5.41, 5.74) is -0.288. The van der Waals surface area contributed by atoms with E-state index in [1.807, 2.05) is 6.07 Å². The maximum Gasteiger partial charge on any atom is 0.241 e. The van der Waals surface area contributed by atoms with Crippen molar-refractivity contribution in [2.45, 2.75) is 17.7 Å². The van der Waals surface area contributed by atoms with E-state index >= 15 is 0 Å². The van der Waals surface area contributed by atoms with Crippen LogP contribution in [0, 0.1) is 16.7 Å². The molecule has 5 nitrogen and oxygen atoms in total. The SMILES string of the molecule is N#Cc1ccc(Cl)cc1S(=O)(=O)NCC1(CO)CC1. The average Bonchev–Trinajstić information content (AvgIpc) is 3.17. The number of halogens is 1. The summed E-state index contributed by atoms with van der Waals surface area (Å²) in [6.45, 7) is 0.124. The summed E-state index contributed by atoms with van der Waals surface area (Å²) >= 11 is 5.77. The summed E-state index contributed by atoms with van der Waals surface area (Å²) in [4.78, 5) is -0.128. The second kappa shape index (κ2) is 5.10. The van der Waals surface area contributed by atoms with E-state index in [0.29, 0.717) is 0 Å². The first-order valence-corrected chi connectivity index (χ1v) is 7.59. The molecule has 0 spiro atoms. The normalized spacial score (nSPS) is 16.9. The Balaban J connectivity index is 2.25. The number of rotatable bonds is 5. The molecule has 19 heavy (non-hydrogen) atoms.